The minimum Gasteiger partial charge on any atom is -0.484 e. The molecule has 1 saturated carbocycles. The first kappa shape index (κ1) is 21.5. The maximum atomic E-state index is 12.6. The molecule has 1 aliphatic carbocycles. The number of anilines is 1. The molecule has 1 aromatic rings. The molecule has 2 unspecified atom stereocenters. The standard InChI is InChI=1S/C20H29N3O3.ClH/c1-20(21)10-3-2-9-17(20)19(25)22-15-7-6-8-16(13-15)26-14-18(24)23-11-4-5-12-23;/h6-8,13,17H,2-5,9-12,14,21H2,1H3,(H,22,25);1H. The zero-order chi connectivity index (χ0) is 18.6. The van der Waals surface area contributed by atoms with E-state index in [1.807, 2.05) is 24.0 Å². The number of halogens is 1. The summed E-state index contributed by atoms with van der Waals surface area (Å²) in [6, 6.07) is 7.18. The van der Waals surface area contributed by atoms with Crippen LogP contribution in [0.4, 0.5) is 5.69 Å². The van der Waals surface area contributed by atoms with Crippen LogP contribution in [0.3, 0.4) is 0 Å². The molecule has 3 rings (SSSR count). The summed E-state index contributed by atoms with van der Waals surface area (Å²) >= 11 is 0. The van der Waals surface area contributed by atoms with Crippen LogP contribution in [0.25, 0.3) is 0 Å². The topological polar surface area (TPSA) is 84.7 Å². The number of carbonyl (C=O) groups excluding carboxylic acids is 2. The van der Waals surface area contributed by atoms with E-state index in [0.29, 0.717) is 11.4 Å². The van der Waals surface area contributed by atoms with Gasteiger partial charge in [-0.05, 0) is 44.7 Å². The maximum absolute atomic E-state index is 12.6. The van der Waals surface area contributed by atoms with Crippen molar-refractivity contribution < 1.29 is 14.3 Å². The van der Waals surface area contributed by atoms with Crippen molar-refractivity contribution in [3.8, 4) is 5.75 Å². The predicted octanol–water partition coefficient (Wildman–Crippen LogP) is 2.96. The molecule has 2 aliphatic rings. The van der Waals surface area contributed by atoms with Gasteiger partial charge in [-0.2, -0.15) is 0 Å². The first-order valence-electron chi connectivity index (χ1n) is 9.56. The number of ether oxygens (including phenoxy) is 1. The summed E-state index contributed by atoms with van der Waals surface area (Å²) in [7, 11) is 0. The summed E-state index contributed by atoms with van der Waals surface area (Å²) in [6.45, 7) is 3.62. The van der Waals surface area contributed by atoms with Gasteiger partial charge in [0.1, 0.15) is 5.75 Å². The second-order valence-electron chi connectivity index (χ2n) is 7.70. The number of nitrogens with one attached hydrogen (secondary N) is 1. The molecule has 3 N–H and O–H groups in total. The molecule has 150 valence electrons. The summed E-state index contributed by atoms with van der Waals surface area (Å²) in [4.78, 5) is 26.5. The van der Waals surface area contributed by atoms with Gasteiger partial charge in [0.2, 0.25) is 5.91 Å². The highest BCUT2D eigenvalue weighted by molar-refractivity contribution is 5.93. The van der Waals surface area contributed by atoms with Gasteiger partial charge in [0.25, 0.3) is 5.91 Å². The third-order valence-corrected chi connectivity index (χ3v) is 5.49. The average molecular weight is 396 g/mol. The van der Waals surface area contributed by atoms with Crippen molar-refractivity contribution in [3.63, 3.8) is 0 Å². The lowest BCUT2D eigenvalue weighted by molar-refractivity contribution is -0.132. The lowest BCUT2D eigenvalue weighted by Crippen LogP contribution is -2.51. The monoisotopic (exact) mass is 395 g/mol. The SMILES string of the molecule is CC1(N)CCCCC1C(=O)Nc1cccc(OCC(=O)N2CCCC2)c1.Cl. The molecule has 27 heavy (non-hydrogen) atoms. The summed E-state index contributed by atoms with van der Waals surface area (Å²) < 4.78 is 5.62. The lowest BCUT2D eigenvalue weighted by Gasteiger charge is -2.37. The third-order valence-electron chi connectivity index (χ3n) is 5.49. The number of likely N-dealkylation sites (tertiary alicyclic amines) is 1. The van der Waals surface area contributed by atoms with Crippen LogP contribution in [0.2, 0.25) is 0 Å². The zero-order valence-electron chi connectivity index (χ0n) is 15.9. The lowest BCUT2D eigenvalue weighted by atomic mass is 9.74. The fraction of sp³-hybridized carbons (Fsp3) is 0.600. The number of hydrogen-bond donors (Lipinski definition) is 2. The normalized spacial score (nSPS) is 24.8. The van der Waals surface area contributed by atoms with Gasteiger partial charge in [0.15, 0.2) is 6.61 Å². The van der Waals surface area contributed by atoms with Crippen LogP contribution < -0.4 is 15.8 Å². The van der Waals surface area contributed by atoms with Gasteiger partial charge < -0.3 is 20.7 Å². The molecule has 0 spiro atoms. The van der Waals surface area contributed by atoms with Crippen LogP contribution in [-0.2, 0) is 9.59 Å². The van der Waals surface area contributed by atoms with E-state index in [9.17, 15) is 9.59 Å². The van der Waals surface area contributed by atoms with Gasteiger partial charge in [-0.25, -0.2) is 0 Å². The third kappa shape index (κ3) is 5.59. The van der Waals surface area contributed by atoms with Crippen molar-refractivity contribution in [2.75, 3.05) is 25.0 Å². The van der Waals surface area contributed by atoms with Gasteiger partial charge in [-0.15, -0.1) is 12.4 Å². The Morgan fingerprint density at radius 1 is 1.26 bits per heavy atom. The van der Waals surface area contributed by atoms with Gasteiger partial charge in [-0.1, -0.05) is 18.9 Å². The van der Waals surface area contributed by atoms with Crippen LogP contribution in [0.5, 0.6) is 5.75 Å². The smallest absolute Gasteiger partial charge is 0.260 e. The highest BCUT2D eigenvalue weighted by Gasteiger charge is 2.37. The summed E-state index contributed by atoms with van der Waals surface area (Å²) in [5.74, 6) is 0.366. The van der Waals surface area contributed by atoms with Gasteiger partial charge in [0, 0.05) is 30.4 Å². The molecule has 2 fully saturated rings. The Balaban J connectivity index is 0.00000261. The van der Waals surface area contributed by atoms with E-state index < -0.39 is 5.54 Å². The number of nitrogens with two attached hydrogens (primary N) is 1. The Labute approximate surface area is 167 Å². The second kappa shape index (κ2) is 9.42. The molecule has 0 bridgehead atoms. The van der Waals surface area contributed by atoms with Crippen molar-refractivity contribution >= 4 is 29.9 Å². The van der Waals surface area contributed by atoms with E-state index in [1.165, 1.54) is 0 Å². The van der Waals surface area contributed by atoms with Crippen molar-refractivity contribution in [3.05, 3.63) is 24.3 Å². The molecule has 0 radical (unpaired) electrons. The van der Waals surface area contributed by atoms with Crippen LogP contribution in [-0.4, -0.2) is 41.9 Å². The second-order valence-corrected chi connectivity index (χ2v) is 7.70. The largest absolute Gasteiger partial charge is 0.484 e. The molecule has 1 saturated heterocycles. The first-order valence-corrected chi connectivity index (χ1v) is 9.56. The predicted molar refractivity (Wildman–Crippen MR) is 108 cm³/mol. The average Bonchev–Trinajstić information content (AvgIpc) is 3.14. The number of carbonyl (C=O) groups is 2. The molecule has 1 aromatic carbocycles. The maximum Gasteiger partial charge on any atom is 0.260 e. The van der Waals surface area contributed by atoms with Crippen LogP contribution in [0.1, 0.15) is 45.4 Å². The van der Waals surface area contributed by atoms with Gasteiger partial charge in [0.05, 0.1) is 5.92 Å². The fourth-order valence-electron chi connectivity index (χ4n) is 3.88. The number of hydrogen-bond acceptors (Lipinski definition) is 4. The summed E-state index contributed by atoms with van der Waals surface area (Å²) in [5.41, 5.74) is 6.53. The van der Waals surface area contributed by atoms with E-state index in [1.54, 1.807) is 12.1 Å². The highest BCUT2D eigenvalue weighted by Crippen LogP contribution is 2.32. The van der Waals surface area contributed by atoms with Crippen molar-refractivity contribution in [1.29, 1.82) is 0 Å². The van der Waals surface area contributed by atoms with E-state index in [4.69, 9.17) is 10.5 Å². The molecular formula is C20H30ClN3O3. The minimum absolute atomic E-state index is 0. The van der Waals surface area contributed by atoms with Crippen molar-refractivity contribution in [2.24, 2.45) is 11.7 Å². The van der Waals surface area contributed by atoms with Crippen molar-refractivity contribution in [1.82, 2.24) is 4.90 Å². The Hall–Kier alpha value is -1.79. The Morgan fingerprint density at radius 2 is 2.00 bits per heavy atom. The van der Waals surface area contributed by atoms with E-state index in [-0.39, 0.29) is 36.7 Å². The molecule has 0 aromatic heterocycles. The molecule has 2 amide bonds. The molecule has 1 heterocycles. The highest BCUT2D eigenvalue weighted by atomic mass is 35.5. The number of amides is 2. The number of rotatable bonds is 5. The number of benzene rings is 1. The van der Waals surface area contributed by atoms with Gasteiger partial charge >= 0.3 is 0 Å². The van der Waals surface area contributed by atoms with Crippen LogP contribution in [0, 0.1) is 5.92 Å². The first-order chi connectivity index (χ1) is 12.5. The van der Waals surface area contributed by atoms with E-state index in [2.05, 4.69) is 5.32 Å². The molecular weight excluding hydrogens is 366 g/mol. The van der Waals surface area contributed by atoms with E-state index in [0.717, 1.165) is 51.6 Å². The Kier molecular flexibility index (Phi) is 7.50. The van der Waals surface area contributed by atoms with Crippen LogP contribution in [0.15, 0.2) is 24.3 Å². The molecule has 6 nitrogen and oxygen atoms in total. The van der Waals surface area contributed by atoms with Crippen LogP contribution >= 0.6 is 12.4 Å². The van der Waals surface area contributed by atoms with Crippen molar-refractivity contribution in [2.45, 2.75) is 51.0 Å². The Morgan fingerprint density at radius 3 is 2.70 bits per heavy atom. The van der Waals surface area contributed by atoms with E-state index >= 15 is 0 Å². The number of nitrogens with zero attached hydrogens (tertiary/aromatic N) is 1. The Bertz CT molecular complexity index is 660. The molecule has 1 aliphatic heterocycles. The quantitative estimate of drug-likeness (QED) is 0.802. The fourth-order valence-corrected chi connectivity index (χ4v) is 3.88. The zero-order valence-corrected chi connectivity index (χ0v) is 16.7. The summed E-state index contributed by atoms with van der Waals surface area (Å²) in [6.07, 6.45) is 5.92. The molecule has 7 heteroatoms. The molecule has 2 atom stereocenters. The minimum atomic E-state index is -0.460. The van der Waals surface area contributed by atoms with Gasteiger partial charge in [-0.3, -0.25) is 9.59 Å². The summed E-state index contributed by atoms with van der Waals surface area (Å²) in [5, 5.41) is 2.96.